The summed E-state index contributed by atoms with van der Waals surface area (Å²) < 4.78 is 109. The average Bonchev–Trinajstić information content (AvgIpc) is 2.49. The Bertz CT molecular complexity index is 755. The van der Waals surface area contributed by atoms with E-state index in [1.807, 2.05) is 0 Å². The van der Waals surface area contributed by atoms with Crippen molar-refractivity contribution in [2.75, 3.05) is 13.5 Å². The van der Waals surface area contributed by atoms with Crippen LogP contribution in [0, 0.1) is 0 Å². The van der Waals surface area contributed by atoms with Crippen LogP contribution < -0.4 is 0 Å². The van der Waals surface area contributed by atoms with Crippen LogP contribution in [0.25, 0.3) is 0 Å². The summed E-state index contributed by atoms with van der Waals surface area (Å²) in [5, 5.41) is 0. The molecule has 1 atom stereocenters. The first-order chi connectivity index (χ1) is 11.4. The van der Waals surface area contributed by atoms with Crippen LogP contribution in [0.3, 0.4) is 0 Å². The molecule has 1 aromatic heterocycles. The third-order valence-corrected chi connectivity index (χ3v) is 1.28. The molecular formula is C10H14N2. The lowest BCUT2D eigenvalue weighted by Crippen LogP contribution is -2.17. The molecule has 2 rings (SSSR count). The molecule has 2 heterocycles. The molecule has 0 spiro atoms. The lowest BCUT2D eigenvalue weighted by molar-refractivity contribution is 0.317. The molecule has 0 N–H and O–H groups in total. The molecule has 1 saturated heterocycles. The van der Waals surface area contributed by atoms with Crippen molar-refractivity contribution in [1.82, 2.24) is 9.88 Å². The topological polar surface area (TPSA) is 16.1 Å². The number of hydrogen-bond acceptors (Lipinski definition) is 2. The molecular weight excluding hydrogens is 148 g/mol. The maximum Gasteiger partial charge on any atom is 0.0843 e. The normalized spacial score (nSPS) is 61.3. The largest absolute Gasteiger partial charge is 0.299 e. The van der Waals surface area contributed by atoms with Crippen molar-refractivity contribution in [2.45, 2.75) is 18.8 Å². The third kappa shape index (κ3) is 1.34. The van der Waals surface area contributed by atoms with Gasteiger partial charge in [0.05, 0.1) is 6.85 Å². The molecule has 0 saturated carbocycles. The van der Waals surface area contributed by atoms with Gasteiger partial charge in [0.25, 0.3) is 0 Å². The lowest BCUT2D eigenvalue weighted by atomic mass is 10.1. The molecule has 1 fully saturated rings. The van der Waals surface area contributed by atoms with Crippen molar-refractivity contribution >= 4 is 0 Å². The summed E-state index contributed by atoms with van der Waals surface area (Å²) in [5.41, 5.74) is -1.09. The predicted octanol–water partition coefficient (Wildman–Crippen LogP) is 1.85. The van der Waals surface area contributed by atoms with Crippen LogP contribution in [0.15, 0.2) is 24.4 Å². The van der Waals surface area contributed by atoms with E-state index in [9.17, 15) is 0 Å². The Balaban J connectivity index is 3.03. The fraction of sp³-hybridized carbons (Fsp3) is 0.500. The molecule has 0 bridgehead atoms. The highest BCUT2D eigenvalue weighted by Gasteiger charge is 2.21. The predicted molar refractivity (Wildman–Crippen MR) is 48.8 cm³/mol. The lowest BCUT2D eigenvalue weighted by Gasteiger charge is -2.18. The maximum absolute atomic E-state index is 8.48. The second kappa shape index (κ2) is 3.23. The Morgan fingerprint density at radius 1 is 2.00 bits per heavy atom. The Morgan fingerprint density at radius 2 is 3.00 bits per heavy atom. The molecule has 0 amide bonds. The second-order valence-corrected chi connectivity index (χ2v) is 2.01. The van der Waals surface area contributed by atoms with E-state index in [-0.39, 0.29) is 4.90 Å². The number of pyridine rings is 1. The zero-order valence-corrected chi connectivity index (χ0v) is 5.89. The van der Waals surface area contributed by atoms with Gasteiger partial charge in [0.15, 0.2) is 0 Å². The molecule has 1 aromatic rings. The standard InChI is InChI=1S/C10H14N2/c1-12-7-3-5-10(12)9-4-2-6-11-8-9/h2,4,6,8,10H,3,5,7H2,1H3/t10-/m0/s1/i1D3,2D,3D2,4D,5D2,6D,7D2,8D,10D. The van der Waals surface area contributed by atoms with Crippen LogP contribution in [0.4, 0.5) is 0 Å². The highest BCUT2D eigenvalue weighted by atomic mass is 15.1. The van der Waals surface area contributed by atoms with Crippen LogP contribution in [0.2, 0.25) is 0 Å². The first-order valence-electron chi connectivity index (χ1n) is 10.1. The molecule has 12 heavy (non-hydrogen) atoms. The van der Waals surface area contributed by atoms with E-state index in [2.05, 4.69) is 4.98 Å². The van der Waals surface area contributed by atoms with E-state index in [4.69, 9.17) is 19.2 Å². The van der Waals surface area contributed by atoms with Gasteiger partial charge in [-0.25, -0.2) is 0 Å². The van der Waals surface area contributed by atoms with Crippen molar-refractivity contribution in [3.8, 4) is 0 Å². The van der Waals surface area contributed by atoms with Crippen LogP contribution in [0.5, 0.6) is 0 Å². The van der Waals surface area contributed by atoms with E-state index < -0.39 is 62.2 Å². The SMILES string of the molecule is [2H]c1nc([2H])c([C@@]2([2H])N(C([2H])([2H])[2H])C([2H])([2H])C([2H])([2H])C2([2H])[2H])c([2H])c1[2H]. The zero-order valence-electron chi connectivity index (χ0n) is 19.9. The fourth-order valence-corrected chi connectivity index (χ4v) is 0.772. The average molecular weight is 176 g/mol. The molecule has 1 aliphatic heterocycles. The first-order valence-corrected chi connectivity index (χ1v) is 3.12. The van der Waals surface area contributed by atoms with Gasteiger partial charge >= 0.3 is 0 Å². The Morgan fingerprint density at radius 3 is 3.92 bits per heavy atom. The highest BCUT2D eigenvalue weighted by molar-refractivity contribution is 5.14. The number of nitrogens with zero attached hydrogens (tertiary/aromatic N) is 2. The van der Waals surface area contributed by atoms with Crippen molar-refractivity contribution in [1.29, 1.82) is 0 Å². The zero-order chi connectivity index (χ0) is 20.7. The monoisotopic (exact) mass is 176 g/mol. The highest BCUT2D eigenvalue weighted by Crippen LogP contribution is 2.29. The minimum atomic E-state index is -3.55. The van der Waals surface area contributed by atoms with Crippen LogP contribution in [-0.4, -0.2) is 23.4 Å². The summed E-state index contributed by atoms with van der Waals surface area (Å²) in [4.78, 5) is 2.94. The van der Waals surface area contributed by atoms with E-state index in [1.165, 1.54) is 0 Å². The number of rotatable bonds is 1. The van der Waals surface area contributed by atoms with Crippen LogP contribution >= 0.6 is 0 Å². The van der Waals surface area contributed by atoms with Gasteiger partial charge in [0.1, 0.15) is 0 Å². The molecule has 2 nitrogen and oxygen atoms in total. The molecule has 0 aromatic carbocycles. The van der Waals surface area contributed by atoms with Crippen molar-refractivity contribution in [2.24, 2.45) is 0 Å². The molecule has 2 heteroatoms. The van der Waals surface area contributed by atoms with Gasteiger partial charge in [-0.2, -0.15) is 0 Å². The Labute approximate surface area is 92.9 Å². The fourth-order valence-electron chi connectivity index (χ4n) is 0.772. The molecule has 0 unspecified atom stereocenters. The smallest absolute Gasteiger partial charge is 0.0843 e. The van der Waals surface area contributed by atoms with Crippen molar-refractivity contribution in [3.05, 3.63) is 30.0 Å². The van der Waals surface area contributed by atoms with Gasteiger partial charge in [-0.1, -0.05) is 6.04 Å². The van der Waals surface area contributed by atoms with Gasteiger partial charge < -0.3 is 0 Å². The minimum absolute atomic E-state index is 0.344. The van der Waals surface area contributed by atoms with E-state index in [0.29, 0.717) is 0 Å². The van der Waals surface area contributed by atoms with Crippen LogP contribution in [-0.2, 0) is 0 Å². The van der Waals surface area contributed by atoms with Crippen LogP contribution in [0.1, 0.15) is 43.5 Å². The van der Waals surface area contributed by atoms with Gasteiger partial charge in [-0.15, -0.1) is 0 Å². The molecule has 0 radical (unpaired) electrons. The molecule has 0 aliphatic carbocycles. The first kappa shape index (κ1) is 1.67. The Kier molecular flexibility index (Phi) is 0.449. The van der Waals surface area contributed by atoms with Crippen molar-refractivity contribution in [3.63, 3.8) is 0 Å². The van der Waals surface area contributed by atoms with Crippen molar-refractivity contribution < 1.29 is 19.2 Å². The third-order valence-electron chi connectivity index (χ3n) is 1.28. The van der Waals surface area contributed by atoms with Gasteiger partial charge in [0.2, 0.25) is 0 Å². The summed E-state index contributed by atoms with van der Waals surface area (Å²) in [5.74, 6) is 0. The quantitative estimate of drug-likeness (QED) is 0.649. The van der Waals surface area contributed by atoms with Gasteiger partial charge in [-0.05, 0) is 37.8 Å². The summed E-state index contributed by atoms with van der Waals surface area (Å²) in [7, 11) is 0. The maximum atomic E-state index is 8.48. The Hall–Kier alpha value is -0.890. The number of aromatic nitrogens is 1. The number of hydrogen-bond donors (Lipinski definition) is 0. The summed E-state index contributed by atoms with van der Waals surface area (Å²) in [6, 6.07) is -5.40. The van der Waals surface area contributed by atoms with E-state index in [1.54, 1.807) is 0 Å². The summed E-state index contributed by atoms with van der Waals surface area (Å²) in [6.07, 6.45) is -8.99. The number of likely N-dealkylation sites (tertiary alicyclic amines) is 1. The van der Waals surface area contributed by atoms with Gasteiger partial charge in [0, 0.05) is 30.7 Å². The molecule has 1 aliphatic rings. The minimum Gasteiger partial charge on any atom is -0.299 e. The van der Waals surface area contributed by atoms with E-state index >= 15 is 0 Å². The van der Waals surface area contributed by atoms with Gasteiger partial charge in [-0.3, -0.25) is 9.88 Å². The summed E-state index contributed by atoms with van der Waals surface area (Å²) in [6.45, 7) is -7.05. The van der Waals surface area contributed by atoms with E-state index in [0.717, 1.165) is 0 Å². The second-order valence-electron chi connectivity index (χ2n) is 2.01. The molecule has 64 valence electrons. The summed E-state index contributed by atoms with van der Waals surface area (Å²) >= 11 is 0.